The van der Waals surface area contributed by atoms with Gasteiger partial charge in [0.1, 0.15) is 0 Å². The first-order valence-corrected chi connectivity index (χ1v) is 9.10. The Morgan fingerprint density at radius 3 is 2.36 bits per heavy atom. The van der Waals surface area contributed by atoms with Crippen LogP contribution in [0, 0.1) is 17.3 Å². The molecule has 132 valence electrons. The highest BCUT2D eigenvalue weighted by molar-refractivity contribution is 6.35. The largest absolute Gasteiger partial charge is 0.274 e. The maximum absolute atomic E-state index is 13.4. The first-order valence-electron chi connectivity index (χ1n) is 8.34. The lowest BCUT2D eigenvalue weighted by Crippen LogP contribution is -2.37. The molecule has 0 N–H and O–H groups in total. The van der Waals surface area contributed by atoms with Crippen LogP contribution in [0.15, 0.2) is 42.0 Å². The Kier molecular flexibility index (Phi) is 4.59. The fourth-order valence-electron chi connectivity index (χ4n) is 4.64. The van der Waals surface area contributed by atoms with Gasteiger partial charge in [-0.2, -0.15) is 0 Å². The fraction of sp³-hybridized carbons (Fsp3) is 0.400. The number of allylic oxidation sites excluding steroid dienone is 3. The number of anilines is 1. The second kappa shape index (κ2) is 6.30. The Morgan fingerprint density at radius 1 is 1.24 bits per heavy atom. The van der Waals surface area contributed by atoms with Crippen LogP contribution < -0.4 is 4.90 Å². The van der Waals surface area contributed by atoms with Gasteiger partial charge in [0, 0.05) is 22.4 Å². The molecule has 1 aromatic rings. The highest BCUT2D eigenvalue weighted by atomic mass is 35.5. The molecule has 2 amide bonds. The predicted molar refractivity (Wildman–Crippen MR) is 102 cm³/mol. The molecule has 1 aliphatic heterocycles. The van der Waals surface area contributed by atoms with Gasteiger partial charge in [-0.15, -0.1) is 6.58 Å². The van der Waals surface area contributed by atoms with E-state index in [2.05, 4.69) is 27.4 Å². The van der Waals surface area contributed by atoms with Gasteiger partial charge in [-0.25, -0.2) is 4.90 Å². The number of nitrogens with zero attached hydrogens (tertiary/aromatic N) is 1. The molecule has 2 fully saturated rings. The number of carbonyl (C=O) groups excluding carboxylic acids is 2. The van der Waals surface area contributed by atoms with Gasteiger partial charge in [0.25, 0.3) is 0 Å². The molecule has 3 atom stereocenters. The standard InChI is InChI=1S/C20H21Cl2NO2/c1-5-16-18(11(2)3)12(4)9-20(16)10-17(24)23(19(20)25)15-7-13(21)6-14(22)8-15/h5-8,12,16H,1,9-10H2,2-4H3. The third-order valence-electron chi connectivity index (χ3n) is 5.40. The minimum atomic E-state index is -0.750. The molecule has 1 saturated carbocycles. The Bertz CT molecular complexity index is 790. The Hall–Kier alpha value is -1.58. The molecule has 1 saturated heterocycles. The monoisotopic (exact) mass is 377 g/mol. The topological polar surface area (TPSA) is 37.4 Å². The number of hydrogen-bond donors (Lipinski definition) is 0. The van der Waals surface area contributed by atoms with Crippen molar-refractivity contribution in [1.82, 2.24) is 0 Å². The van der Waals surface area contributed by atoms with Crippen molar-refractivity contribution < 1.29 is 9.59 Å². The third-order valence-corrected chi connectivity index (χ3v) is 5.83. The molecule has 3 rings (SSSR count). The first-order chi connectivity index (χ1) is 11.7. The zero-order valence-electron chi connectivity index (χ0n) is 14.6. The van der Waals surface area contributed by atoms with Gasteiger partial charge in [-0.1, -0.05) is 47.3 Å². The van der Waals surface area contributed by atoms with Gasteiger partial charge in [-0.05, 0) is 44.4 Å². The zero-order chi connectivity index (χ0) is 18.5. The van der Waals surface area contributed by atoms with Crippen molar-refractivity contribution in [2.75, 3.05) is 4.90 Å². The molecule has 0 bridgehead atoms. The Balaban J connectivity index is 2.10. The van der Waals surface area contributed by atoms with E-state index in [4.69, 9.17) is 23.2 Å². The van der Waals surface area contributed by atoms with Crippen molar-refractivity contribution in [3.8, 4) is 0 Å². The van der Waals surface area contributed by atoms with Crippen LogP contribution in [0.25, 0.3) is 0 Å². The average molecular weight is 378 g/mol. The van der Waals surface area contributed by atoms with E-state index in [0.717, 1.165) is 0 Å². The molecule has 2 aliphatic rings. The van der Waals surface area contributed by atoms with E-state index in [1.54, 1.807) is 18.2 Å². The summed E-state index contributed by atoms with van der Waals surface area (Å²) in [6.45, 7) is 10.2. The molecule has 1 aromatic carbocycles. The van der Waals surface area contributed by atoms with E-state index in [1.807, 2.05) is 6.08 Å². The van der Waals surface area contributed by atoms with Gasteiger partial charge in [0.15, 0.2) is 0 Å². The number of hydrogen-bond acceptors (Lipinski definition) is 2. The van der Waals surface area contributed by atoms with Crippen LogP contribution >= 0.6 is 23.2 Å². The smallest absolute Gasteiger partial charge is 0.241 e. The summed E-state index contributed by atoms with van der Waals surface area (Å²) in [5.74, 6) is -0.266. The van der Waals surface area contributed by atoms with Crippen LogP contribution in [0.2, 0.25) is 10.0 Å². The van der Waals surface area contributed by atoms with Crippen LogP contribution in [-0.2, 0) is 9.59 Å². The molecule has 3 nitrogen and oxygen atoms in total. The lowest BCUT2D eigenvalue weighted by atomic mass is 9.75. The molecule has 1 aliphatic carbocycles. The minimum Gasteiger partial charge on any atom is -0.274 e. The molecular formula is C20H21Cl2NO2. The quantitative estimate of drug-likeness (QED) is 0.509. The number of imide groups is 1. The van der Waals surface area contributed by atoms with E-state index in [-0.39, 0.29) is 30.1 Å². The summed E-state index contributed by atoms with van der Waals surface area (Å²) in [5, 5.41) is 0.795. The maximum Gasteiger partial charge on any atom is 0.241 e. The van der Waals surface area contributed by atoms with Gasteiger partial charge < -0.3 is 0 Å². The summed E-state index contributed by atoms with van der Waals surface area (Å²) in [6, 6.07) is 4.79. The van der Waals surface area contributed by atoms with Crippen molar-refractivity contribution in [1.29, 1.82) is 0 Å². The first kappa shape index (κ1) is 18.2. The Morgan fingerprint density at radius 2 is 1.84 bits per heavy atom. The van der Waals surface area contributed by atoms with Crippen LogP contribution in [0.4, 0.5) is 5.69 Å². The lowest BCUT2D eigenvalue weighted by Gasteiger charge is -2.27. The van der Waals surface area contributed by atoms with E-state index in [9.17, 15) is 9.59 Å². The molecule has 1 spiro atoms. The van der Waals surface area contributed by atoms with Crippen molar-refractivity contribution in [3.05, 3.63) is 52.0 Å². The normalized spacial score (nSPS) is 29.0. The van der Waals surface area contributed by atoms with Gasteiger partial charge in [-0.3, -0.25) is 9.59 Å². The van der Waals surface area contributed by atoms with E-state index in [1.165, 1.54) is 16.0 Å². The number of halogens is 2. The van der Waals surface area contributed by atoms with E-state index in [0.29, 0.717) is 22.2 Å². The van der Waals surface area contributed by atoms with Crippen molar-refractivity contribution >= 4 is 40.7 Å². The van der Waals surface area contributed by atoms with E-state index < -0.39 is 5.41 Å². The molecule has 1 heterocycles. The second-order valence-corrected chi connectivity index (χ2v) is 8.14. The molecule has 3 unspecified atom stereocenters. The van der Waals surface area contributed by atoms with Crippen LogP contribution in [0.1, 0.15) is 33.6 Å². The summed E-state index contributed by atoms with van der Waals surface area (Å²) in [7, 11) is 0. The SMILES string of the molecule is C=CC1C(=C(C)C)C(C)CC12CC(=O)N(c1cc(Cl)cc(Cl)c1)C2=O. The molecule has 0 aromatic heterocycles. The van der Waals surface area contributed by atoms with Gasteiger partial charge in [0.05, 0.1) is 11.1 Å². The van der Waals surface area contributed by atoms with Crippen LogP contribution in [-0.4, -0.2) is 11.8 Å². The molecule has 0 radical (unpaired) electrons. The minimum absolute atomic E-state index is 0.122. The van der Waals surface area contributed by atoms with Crippen molar-refractivity contribution in [3.63, 3.8) is 0 Å². The molecule has 5 heteroatoms. The fourth-order valence-corrected chi connectivity index (χ4v) is 5.15. The van der Waals surface area contributed by atoms with Crippen molar-refractivity contribution in [2.45, 2.75) is 33.6 Å². The second-order valence-electron chi connectivity index (χ2n) is 7.27. The zero-order valence-corrected chi connectivity index (χ0v) is 16.1. The summed E-state index contributed by atoms with van der Waals surface area (Å²) in [6.07, 6.45) is 2.67. The summed E-state index contributed by atoms with van der Waals surface area (Å²) in [4.78, 5) is 27.4. The van der Waals surface area contributed by atoms with Gasteiger partial charge >= 0.3 is 0 Å². The highest BCUT2D eigenvalue weighted by Crippen LogP contribution is 2.57. The number of amides is 2. The van der Waals surface area contributed by atoms with Crippen LogP contribution in [0.5, 0.6) is 0 Å². The number of rotatable bonds is 2. The summed E-state index contributed by atoms with van der Waals surface area (Å²) >= 11 is 12.1. The Labute approximate surface area is 158 Å². The molecular weight excluding hydrogens is 357 g/mol. The van der Waals surface area contributed by atoms with Crippen LogP contribution in [0.3, 0.4) is 0 Å². The number of benzene rings is 1. The van der Waals surface area contributed by atoms with Crippen molar-refractivity contribution in [2.24, 2.45) is 17.3 Å². The number of carbonyl (C=O) groups is 2. The third kappa shape index (κ3) is 2.74. The predicted octanol–water partition coefficient (Wildman–Crippen LogP) is 5.42. The maximum atomic E-state index is 13.4. The lowest BCUT2D eigenvalue weighted by molar-refractivity contribution is -0.126. The van der Waals surface area contributed by atoms with E-state index >= 15 is 0 Å². The highest BCUT2D eigenvalue weighted by Gasteiger charge is 2.60. The van der Waals surface area contributed by atoms with Gasteiger partial charge in [0.2, 0.25) is 11.8 Å². The molecule has 25 heavy (non-hydrogen) atoms. The average Bonchev–Trinajstić information content (AvgIpc) is 2.91. The summed E-state index contributed by atoms with van der Waals surface area (Å²) < 4.78 is 0. The summed E-state index contributed by atoms with van der Waals surface area (Å²) in [5.41, 5.74) is 2.10.